The molecule has 1 atom stereocenters. The van der Waals surface area contributed by atoms with Gasteiger partial charge in [0.15, 0.2) is 5.82 Å². The summed E-state index contributed by atoms with van der Waals surface area (Å²) in [5.41, 5.74) is 0.411. The molecule has 0 aliphatic carbocycles. The van der Waals surface area contributed by atoms with Gasteiger partial charge in [0.1, 0.15) is 0 Å². The number of hydrogen-bond acceptors (Lipinski definition) is 5. The van der Waals surface area contributed by atoms with E-state index < -0.39 is 11.9 Å². The van der Waals surface area contributed by atoms with Crippen molar-refractivity contribution in [3.63, 3.8) is 0 Å². The van der Waals surface area contributed by atoms with E-state index in [0.29, 0.717) is 17.8 Å². The number of hydrogen-bond donors (Lipinski definition) is 2. The number of carbonyl (C=O) groups is 1. The van der Waals surface area contributed by atoms with Gasteiger partial charge in [0.25, 0.3) is 0 Å². The quantitative estimate of drug-likeness (QED) is 0.812. The van der Waals surface area contributed by atoms with Crippen LogP contribution >= 0.6 is 0 Å². The number of nitrogens with one attached hydrogen (secondary N) is 1. The Balaban J connectivity index is 2.25. The third-order valence-electron chi connectivity index (χ3n) is 3.07. The lowest BCUT2D eigenvalue weighted by Gasteiger charge is -2.15. The molecular formula is C13H17N5O3. The molecule has 2 aromatic heterocycles. The molecule has 0 bridgehead atoms. The Morgan fingerprint density at radius 1 is 1.43 bits per heavy atom. The number of rotatable bonds is 6. The molecule has 0 aliphatic heterocycles. The van der Waals surface area contributed by atoms with Gasteiger partial charge in [0.2, 0.25) is 5.56 Å². The van der Waals surface area contributed by atoms with Gasteiger partial charge in [-0.1, -0.05) is 13.8 Å². The molecule has 0 saturated carbocycles. The highest BCUT2D eigenvalue weighted by atomic mass is 16.4. The highest BCUT2D eigenvalue weighted by Crippen LogP contribution is 2.18. The van der Waals surface area contributed by atoms with Gasteiger partial charge >= 0.3 is 5.97 Å². The number of tetrazole rings is 1. The number of nitrogens with zero attached hydrogens (tertiary/aromatic N) is 4. The minimum absolute atomic E-state index is 0.189. The first-order valence-corrected chi connectivity index (χ1v) is 6.65. The SMILES string of the molecule is CC(C)CC(Cn1nnnc1-c1ccc(=O)[nH]c1)C(=O)O. The van der Waals surface area contributed by atoms with Crippen LogP contribution in [0, 0.1) is 11.8 Å². The van der Waals surface area contributed by atoms with Gasteiger partial charge in [0.05, 0.1) is 12.5 Å². The lowest BCUT2D eigenvalue weighted by Crippen LogP contribution is -2.23. The molecule has 112 valence electrons. The molecule has 2 rings (SSSR count). The number of pyridine rings is 1. The van der Waals surface area contributed by atoms with Crippen LogP contribution in [0.1, 0.15) is 20.3 Å². The maximum Gasteiger partial charge on any atom is 0.308 e. The van der Waals surface area contributed by atoms with Crippen LogP contribution in [0.25, 0.3) is 11.4 Å². The first-order valence-electron chi connectivity index (χ1n) is 6.65. The van der Waals surface area contributed by atoms with Crippen molar-refractivity contribution in [3.05, 3.63) is 28.7 Å². The Hall–Kier alpha value is -2.51. The van der Waals surface area contributed by atoms with Crippen LogP contribution in [0.5, 0.6) is 0 Å². The lowest BCUT2D eigenvalue weighted by molar-refractivity contribution is -0.142. The number of H-pyrrole nitrogens is 1. The summed E-state index contributed by atoms with van der Waals surface area (Å²) in [5, 5.41) is 20.6. The van der Waals surface area contributed by atoms with E-state index in [0.717, 1.165) is 0 Å². The predicted molar refractivity (Wildman–Crippen MR) is 74.5 cm³/mol. The lowest BCUT2D eigenvalue weighted by atomic mass is 9.97. The van der Waals surface area contributed by atoms with Crippen molar-refractivity contribution in [3.8, 4) is 11.4 Å². The van der Waals surface area contributed by atoms with Crippen molar-refractivity contribution < 1.29 is 9.90 Å². The second-order valence-corrected chi connectivity index (χ2v) is 5.29. The van der Waals surface area contributed by atoms with Crippen LogP contribution in [0.4, 0.5) is 0 Å². The Bertz CT molecular complexity index is 656. The van der Waals surface area contributed by atoms with E-state index in [1.165, 1.54) is 16.9 Å². The molecule has 2 aromatic rings. The van der Waals surface area contributed by atoms with Crippen LogP contribution in [-0.2, 0) is 11.3 Å². The van der Waals surface area contributed by atoms with Crippen molar-refractivity contribution in [2.24, 2.45) is 11.8 Å². The second kappa shape index (κ2) is 6.29. The van der Waals surface area contributed by atoms with Crippen molar-refractivity contribution in [1.82, 2.24) is 25.2 Å². The average Bonchev–Trinajstić information content (AvgIpc) is 2.86. The molecule has 0 amide bonds. The average molecular weight is 291 g/mol. The standard InChI is InChI=1S/C13H17N5O3/c1-8(2)5-10(13(20)21)7-18-12(15-16-17-18)9-3-4-11(19)14-6-9/h3-4,6,8,10H,5,7H2,1-2H3,(H,14,19)(H,20,21). The Morgan fingerprint density at radius 2 is 2.19 bits per heavy atom. The van der Waals surface area contributed by atoms with E-state index >= 15 is 0 Å². The molecule has 2 heterocycles. The summed E-state index contributed by atoms with van der Waals surface area (Å²) in [6.07, 6.45) is 2.04. The van der Waals surface area contributed by atoms with Gasteiger partial charge in [-0.3, -0.25) is 9.59 Å². The maximum absolute atomic E-state index is 11.3. The number of aromatic nitrogens is 5. The van der Waals surface area contributed by atoms with E-state index in [-0.39, 0.29) is 18.0 Å². The van der Waals surface area contributed by atoms with Crippen molar-refractivity contribution >= 4 is 5.97 Å². The Kier molecular flexibility index (Phi) is 4.46. The summed E-state index contributed by atoms with van der Waals surface area (Å²) in [6, 6.07) is 2.97. The molecule has 1 unspecified atom stereocenters. The van der Waals surface area contributed by atoms with Crippen molar-refractivity contribution in [1.29, 1.82) is 0 Å². The van der Waals surface area contributed by atoms with Crippen LogP contribution < -0.4 is 5.56 Å². The number of aromatic amines is 1. The summed E-state index contributed by atoms with van der Waals surface area (Å²) in [6.45, 7) is 4.13. The molecule has 2 N–H and O–H groups in total. The molecule has 0 saturated heterocycles. The molecule has 21 heavy (non-hydrogen) atoms. The van der Waals surface area contributed by atoms with Gasteiger partial charge in [-0.2, -0.15) is 0 Å². The minimum atomic E-state index is -0.869. The second-order valence-electron chi connectivity index (χ2n) is 5.29. The maximum atomic E-state index is 11.3. The molecule has 8 nitrogen and oxygen atoms in total. The van der Waals surface area contributed by atoms with E-state index in [1.54, 1.807) is 6.07 Å². The van der Waals surface area contributed by atoms with Gasteiger partial charge in [-0.05, 0) is 28.8 Å². The molecule has 0 radical (unpaired) electrons. The fourth-order valence-corrected chi connectivity index (χ4v) is 2.12. The first kappa shape index (κ1) is 14.9. The van der Waals surface area contributed by atoms with Gasteiger partial charge in [-0.25, -0.2) is 4.68 Å². The fourth-order valence-electron chi connectivity index (χ4n) is 2.12. The minimum Gasteiger partial charge on any atom is -0.481 e. The van der Waals surface area contributed by atoms with E-state index in [2.05, 4.69) is 20.5 Å². The molecule has 8 heteroatoms. The smallest absolute Gasteiger partial charge is 0.308 e. The summed E-state index contributed by atoms with van der Waals surface area (Å²) in [5.74, 6) is -0.734. The van der Waals surface area contributed by atoms with Crippen molar-refractivity contribution in [2.75, 3.05) is 0 Å². The van der Waals surface area contributed by atoms with Crippen molar-refractivity contribution in [2.45, 2.75) is 26.8 Å². The zero-order chi connectivity index (χ0) is 15.4. The summed E-state index contributed by atoms with van der Waals surface area (Å²) in [7, 11) is 0. The third kappa shape index (κ3) is 3.74. The van der Waals surface area contributed by atoms with Crippen LogP contribution in [0.3, 0.4) is 0 Å². The van der Waals surface area contributed by atoms with Crippen LogP contribution in [-0.4, -0.2) is 36.3 Å². The van der Waals surface area contributed by atoms with Gasteiger partial charge in [-0.15, -0.1) is 5.10 Å². The molecule has 0 spiro atoms. The van der Waals surface area contributed by atoms with Gasteiger partial charge in [0, 0.05) is 17.8 Å². The topological polar surface area (TPSA) is 114 Å². The van der Waals surface area contributed by atoms with E-state index in [4.69, 9.17) is 0 Å². The van der Waals surface area contributed by atoms with Crippen LogP contribution in [0.2, 0.25) is 0 Å². The largest absolute Gasteiger partial charge is 0.481 e. The Labute approximate surface area is 120 Å². The van der Waals surface area contributed by atoms with Crippen LogP contribution in [0.15, 0.2) is 23.1 Å². The Morgan fingerprint density at radius 3 is 2.76 bits per heavy atom. The fraction of sp³-hybridized carbons (Fsp3) is 0.462. The first-order chi connectivity index (χ1) is 9.97. The highest BCUT2D eigenvalue weighted by Gasteiger charge is 2.22. The monoisotopic (exact) mass is 291 g/mol. The zero-order valence-electron chi connectivity index (χ0n) is 11.9. The molecule has 0 aliphatic rings. The van der Waals surface area contributed by atoms with E-state index in [1.807, 2.05) is 13.8 Å². The summed E-state index contributed by atoms with van der Waals surface area (Å²) < 4.78 is 1.45. The molecule has 0 fully saturated rings. The number of aliphatic carboxylic acids is 1. The number of carboxylic acid groups (broad SMARTS) is 1. The number of carboxylic acids is 1. The predicted octanol–water partition coefficient (Wildman–Crippen LogP) is 0.775. The molecule has 0 aromatic carbocycles. The third-order valence-corrected chi connectivity index (χ3v) is 3.07. The summed E-state index contributed by atoms with van der Waals surface area (Å²) >= 11 is 0. The molecular weight excluding hydrogens is 274 g/mol. The van der Waals surface area contributed by atoms with Gasteiger partial charge < -0.3 is 10.1 Å². The highest BCUT2D eigenvalue weighted by molar-refractivity contribution is 5.70. The zero-order valence-corrected chi connectivity index (χ0v) is 11.9. The summed E-state index contributed by atoms with van der Waals surface area (Å²) in [4.78, 5) is 24.9. The normalized spacial score (nSPS) is 12.5. The van der Waals surface area contributed by atoms with E-state index in [9.17, 15) is 14.7 Å².